The molecule has 0 aliphatic carbocycles. The molecule has 0 atom stereocenters. The van der Waals surface area contributed by atoms with Gasteiger partial charge in [-0.3, -0.25) is 14.9 Å². The first-order valence-corrected chi connectivity index (χ1v) is 11.7. The number of hydrogen-bond donors (Lipinski definition) is 1. The number of nitro groups is 1. The van der Waals surface area contributed by atoms with E-state index in [1.807, 2.05) is 48.5 Å². The van der Waals surface area contributed by atoms with Crippen LogP contribution in [0.2, 0.25) is 0 Å². The molecular formula is C25H21N5O5S. The number of rotatable bonds is 9. The molecule has 1 N–H and O–H groups in total. The van der Waals surface area contributed by atoms with Gasteiger partial charge in [0.05, 0.1) is 24.9 Å². The number of benzene rings is 3. The number of carbonyl (C=O) groups is 1. The Morgan fingerprint density at radius 1 is 0.861 bits per heavy atom. The molecule has 3 aromatic carbocycles. The Morgan fingerprint density at radius 3 is 1.94 bits per heavy atom. The largest absolute Gasteiger partial charge is 0.497 e. The van der Waals surface area contributed by atoms with E-state index in [1.165, 1.54) is 24.3 Å². The molecule has 36 heavy (non-hydrogen) atoms. The number of carbonyl (C=O) groups excluding carboxylic acids is 1. The zero-order valence-electron chi connectivity index (χ0n) is 19.4. The first kappa shape index (κ1) is 24.6. The SMILES string of the molecule is COc1ccc(-c2nnc(SCC(=O)Nc3ccc([N+](=O)[O-])cc3)nc2-c2ccc(OC)cc2)cc1. The molecule has 182 valence electrons. The van der Waals surface area contributed by atoms with Gasteiger partial charge in [0, 0.05) is 28.9 Å². The van der Waals surface area contributed by atoms with Crippen LogP contribution in [-0.4, -0.2) is 46.0 Å². The lowest BCUT2D eigenvalue weighted by Gasteiger charge is -2.11. The predicted octanol–water partition coefficient (Wildman–Crippen LogP) is 4.86. The van der Waals surface area contributed by atoms with Crippen LogP contribution < -0.4 is 14.8 Å². The molecular weight excluding hydrogens is 482 g/mol. The lowest BCUT2D eigenvalue weighted by Crippen LogP contribution is -2.14. The number of anilines is 1. The van der Waals surface area contributed by atoms with Crippen molar-refractivity contribution in [3.8, 4) is 34.0 Å². The summed E-state index contributed by atoms with van der Waals surface area (Å²) in [7, 11) is 3.20. The molecule has 1 aromatic heterocycles. The van der Waals surface area contributed by atoms with Gasteiger partial charge in [0.1, 0.15) is 22.9 Å². The maximum atomic E-state index is 12.4. The first-order valence-electron chi connectivity index (χ1n) is 10.7. The van der Waals surface area contributed by atoms with Gasteiger partial charge in [-0.1, -0.05) is 11.8 Å². The summed E-state index contributed by atoms with van der Waals surface area (Å²) in [6, 6.07) is 20.5. The fourth-order valence-electron chi connectivity index (χ4n) is 3.26. The van der Waals surface area contributed by atoms with Crippen LogP contribution in [-0.2, 0) is 4.79 Å². The Hall–Kier alpha value is -4.51. The highest BCUT2D eigenvalue weighted by Crippen LogP contribution is 2.32. The van der Waals surface area contributed by atoms with Crippen molar-refractivity contribution in [2.45, 2.75) is 5.16 Å². The molecule has 0 aliphatic rings. The summed E-state index contributed by atoms with van der Waals surface area (Å²) in [5, 5.41) is 22.4. The highest BCUT2D eigenvalue weighted by Gasteiger charge is 2.16. The molecule has 1 heterocycles. The fraction of sp³-hybridized carbons (Fsp3) is 0.120. The molecule has 0 saturated heterocycles. The average molecular weight is 504 g/mol. The Balaban J connectivity index is 1.54. The molecule has 0 saturated carbocycles. The van der Waals surface area contributed by atoms with Gasteiger partial charge in [-0.2, -0.15) is 0 Å². The van der Waals surface area contributed by atoms with Crippen molar-refractivity contribution in [2.75, 3.05) is 25.3 Å². The number of nitrogens with zero attached hydrogens (tertiary/aromatic N) is 4. The van der Waals surface area contributed by atoms with Gasteiger partial charge < -0.3 is 14.8 Å². The number of ether oxygens (including phenoxy) is 2. The van der Waals surface area contributed by atoms with Gasteiger partial charge in [-0.25, -0.2) is 4.98 Å². The third-order valence-electron chi connectivity index (χ3n) is 5.09. The number of non-ortho nitro benzene ring substituents is 1. The number of nitro benzene ring substituents is 1. The first-order chi connectivity index (χ1) is 17.5. The normalized spacial score (nSPS) is 10.5. The molecule has 0 unspecified atom stereocenters. The van der Waals surface area contributed by atoms with Gasteiger partial charge in [0.2, 0.25) is 11.1 Å². The Labute approximate surface area is 210 Å². The van der Waals surface area contributed by atoms with E-state index < -0.39 is 4.92 Å². The Bertz CT molecular complexity index is 1360. The molecule has 0 spiro atoms. The zero-order valence-corrected chi connectivity index (χ0v) is 20.2. The molecule has 11 heteroatoms. The van der Waals surface area contributed by atoms with Crippen LogP contribution >= 0.6 is 11.8 Å². The average Bonchev–Trinajstić information content (AvgIpc) is 2.92. The summed E-state index contributed by atoms with van der Waals surface area (Å²) < 4.78 is 10.5. The molecule has 0 bridgehead atoms. The third-order valence-corrected chi connectivity index (χ3v) is 5.93. The predicted molar refractivity (Wildman–Crippen MR) is 136 cm³/mol. The number of methoxy groups -OCH3 is 2. The van der Waals surface area contributed by atoms with Crippen LogP contribution in [0, 0.1) is 10.1 Å². The molecule has 4 rings (SSSR count). The van der Waals surface area contributed by atoms with Crippen LogP contribution in [0.25, 0.3) is 22.5 Å². The minimum absolute atomic E-state index is 0.0304. The zero-order chi connectivity index (χ0) is 25.5. The van der Waals surface area contributed by atoms with Crippen molar-refractivity contribution in [3.05, 3.63) is 82.9 Å². The topological polar surface area (TPSA) is 129 Å². The second-order valence-electron chi connectivity index (χ2n) is 7.39. The van der Waals surface area contributed by atoms with Gasteiger partial charge in [-0.05, 0) is 60.7 Å². The maximum absolute atomic E-state index is 12.4. The van der Waals surface area contributed by atoms with Gasteiger partial charge in [-0.15, -0.1) is 10.2 Å². The van der Waals surface area contributed by atoms with Gasteiger partial charge in [0.15, 0.2) is 0 Å². The number of amides is 1. The van der Waals surface area contributed by atoms with E-state index in [1.54, 1.807) is 14.2 Å². The van der Waals surface area contributed by atoms with Crippen LogP contribution in [0.15, 0.2) is 78.0 Å². The van der Waals surface area contributed by atoms with E-state index in [0.717, 1.165) is 28.6 Å². The standard InChI is InChI=1S/C25H21N5O5S/c1-34-20-11-3-16(4-12-20)23-24(17-5-13-21(35-2)14-6-17)28-29-25(27-23)36-15-22(31)26-18-7-9-19(10-8-18)30(32)33/h3-14H,15H2,1-2H3,(H,26,31). The molecule has 4 aromatic rings. The minimum Gasteiger partial charge on any atom is -0.497 e. The summed E-state index contributed by atoms with van der Waals surface area (Å²) in [5.41, 5.74) is 3.23. The third kappa shape index (κ3) is 5.94. The summed E-state index contributed by atoms with van der Waals surface area (Å²) in [6.45, 7) is 0. The van der Waals surface area contributed by atoms with Crippen LogP contribution in [0.5, 0.6) is 11.5 Å². The summed E-state index contributed by atoms with van der Waals surface area (Å²) in [5.74, 6) is 1.16. The van der Waals surface area contributed by atoms with Crippen molar-refractivity contribution in [3.63, 3.8) is 0 Å². The molecule has 0 aliphatic heterocycles. The summed E-state index contributed by atoms with van der Waals surface area (Å²) >= 11 is 1.13. The van der Waals surface area contributed by atoms with Crippen molar-refractivity contribution < 1.29 is 19.2 Å². The fourth-order valence-corrected chi connectivity index (χ4v) is 3.85. The second kappa shape index (κ2) is 11.3. The van der Waals surface area contributed by atoms with E-state index in [4.69, 9.17) is 9.47 Å². The van der Waals surface area contributed by atoms with E-state index in [0.29, 0.717) is 28.0 Å². The molecule has 0 fully saturated rings. The highest BCUT2D eigenvalue weighted by atomic mass is 32.2. The second-order valence-corrected chi connectivity index (χ2v) is 8.33. The van der Waals surface area contributed by atoms with Crippen molar-refractivity contribution >= 4 is 29.0 Å². The number of hydrogen-bond acceptors (Lipinski definition) is 9. The Kier molecular flexibility index (Phi) is 7.71. The number of nitrogens with one attached hydrogen (secondary N) is 1. The quantitative estimate of drug-likeness (QED) is 0.193. The van der Waals surface area contributed by atoms with Gasteiger partial charge in [0.25, 0.3) is 5.69 Å². The Morgan fingerprint density at radius 2 is 1.42 bits per heavy atom. The molecule has 10 nitrogen and oxygen atoms in total. The lowest BCUT2D eigenvalue weighted by molar-refractivity contribution is -0.384. The van der Waals surface area contributed by atoms with E-state index >= 15 is 0 Å². The minimum atomic E-state index is -0.498. The smallest absolute Gasteiger partial charge is 0.269 e. The van der Waals surface area contributed by atoms with Crippen LogP contribution in [0.3, 0.4) is 0 Å². The number of thioether (sulfide) groups is 1. The van der Waals surface area contributed by atoms with Crippen molar-refractivity contribution in [1.29, 1.82) is 0 Å². The van der Waals surface area contributed by atoms with E-state index in [-0.39, 0.29) is 17.3 Å². The molecule has 1 amide bonds. The maximum Gasteiger partial charge on any atom is 0.269 e. The van der Waals surface area contributed by atoms with Crippen molar-refractivity contribution in [2.24, 2.45) is 0 Å². The summed E-state index contributed by atoms with van der Waals surface area (Å²) in [4.78, 5) is 27.4. The monoisotopic (exact) mass is 503 g/mol. The highest BCUT2D eigenvalue weighted by molar-refractivity contribution is 7.99. The van der Waals surface area contributed by atoms with Crippen molar-refractivity contribution in [1.82, 2.24) is 15.2 Å². The van der Waals surface area contributed by atoms with Crippen LogP contribution in [0.4, 0.5) is 11.4 Å². The van der Waals surface area contributed by atoms with E-state index in [2.05, 4.69) is 20.5 Å². The van der Waals surface area contributed by atoms with Gasteiger partial charge >= 0.3 is 0 Å². The summed E-state index contributed by atoms with van der Waals surface area (Å²) in [6.07, 6.45) is 0. The number of aromatic nitrogens is 3. The van der Waals surface area contributed by atoms with E-state index in [9.17, 15) is 14.9 Å². The lowest BCUT2D eigenvalue weighted by atomic mass is 10.0. The van der Waals surface area contributed by atoms with Crippen LogP contribution in [0.1, 0.15) is 0 Å². The molecule has 0 radical (unpaired) electrons.